The minimum atomic E-state index is -1.10. The molecule has 0 saturated carbocycles. The lowest BCUT2D eigenvalue weighted by atomic mass is 9.92. The maximum absolute atomic E-state index is 10.1. The summed E-state index contributed by atoms with van der Waals surface area (Å²) in [4.78, 5) is 9.46. The molecule has 178 valence electrons. The van der Waals surface area contributed by atoms with Gasteiger partial charge in [-0.1, -0.05) is 23.7 Å². The number of nitrogens with two attached hydrogens (primary N) is 1. The number of thioether (sulfide) groups is 1. The van der Waals surface area contributed by atoms with Crippen molar-refractivity contribution >= 4 is 51.6 Å². The second kappa shape index (κ2) is 11.3. The molecule has 35 heavy (non-hydrogen) atoms. The van der Waals surface area contributed by atoms with E-state index in [0.29, 0.717) is 32.5 Å². The predicted octanol–water partition coefficient (Wildman–Crippen LogP) is 4.17. The molecule has 0 spiro atoms. The Hall–Kier alpha value is -2.74. The first-order valence-electron chi connectivity index (χ1n) is 10.3. The number of aliphatic hydroxyl groups is 2. The fourth-order valence-electron chi connectivity index (χ4n) is 3.56. The zero-order chi connectivity index (χ0) is 24.9. The summed E-state index contributed by atoms with van der Waals surface area (Å²) in [5.41, 5.74) is 4.73. The average molecular weight is 543 g/mol. The third-order valence-electron chi connectivity index (χ3n) is 5.20. The molecule has 0 bridgehead atoms. The molecule has 8 nitrogen and oxygen atoms in total. The van der Waals surface area contributed by atoms with Crippen molar-refractivity contribution in [2.45, 2.75) is 23.7 Å². The van der Waals surface area contributed by atoms with Crippen LogP contribution in [0.1, 0.15) is 17.0 Å². The van der Waals surface area contributed by atoms with E-state index < -0.39 is 18.1 Å². The van der Waals surface area contributed by atoms with E-state index in [2.05, 4.69) is 17.1 Å². The second-order valence-corrected chi connectivity index (χ2v) is 10.7. The largest absolute Gasteiger partial charge is 0.394 e. The highest BCUT2D eigenvalue weighted by Crippen LogP contribution is 2.43. The molecule has 1 aliphatic rings. The molecule has 0 aliphatic carbocycles. The van der Waals surface area contributed by atoms with Gasteiger partial charge >= 0.3 is 0 Å². The molecular weight excluding hydrogens is 524 g/mol. The van der Waals surface area contributed by atoms with E-state index in [0.717, 1.165) is 16.3 Å². The van der Waals surface area contributed by atoms with Crippen LogP contribution in [0.5, 0.6) is 0 Å². The molecule has 0 amide bonds. The molecule has 1 aromatic carbocycles. The average Bonchev–Trinajstić information content (AvgIpc) is 3.57. The van der Waals surface area contributed by atoms with Crippen molar-refractivity contribution < 1.29 is 10.2 Å². The maximum atomic E-state index is 10.1. The first-order chi connectivity index (χ1) is 17.0. The van der Waals surface area contributed by atoms with Crippen LogP contribution >= 0.6 is 46.0 Å². The van der Waals surface area contributed by atoms with Crippen molar-refractivity contribution in [3.63, 3.8) is 0 Å². The van der Waals surface area contributed by atoms with Crippen molar-refractivity contribution in [3.05, 3.63) is 73.8 Å². The number of hydrazine groups is 1. The first kappa shape index (κ1) is 25.4. The quantitative estimate of drug-likeness (QED) is 0.357. The van der Waals surface area contributed by atoms with Crippen LogP contribution in [-0.2, 0) is 5.75 Å². The summed E-state index contributed by atoms with van der Waals surface area (Å²) in [5, 5.41) is 43.7. The lowest BCUT2D eigenvalue weighted by Gasteiger charge is -2.36. The van der Waals surface area contributed by atoms with Crippen molar-refractivity contribution in [1.29, 1.82) is 10.5 Å². The number of hydrogen-bond acceptors (Lipinski definition) is 11. The Balaban J connectivity index is 1.66. The maximum Gasteiger partial charge on any atom is 0.126 e. The van der Waals surface area contributed by atoms with Gasteiger partial charge in [0.15, 0.2) is 0 Å². The van der Waals surface area contributed by atoms with Crippen LogP contribution in [0.3, 0.4) is 0 Å². The molecule has 1 aliphatic heterocycles. The lowest BCUT2D eigenvalue weighted by molar-refractivity contribution is 0.0881. The summed E-state index contributed by atoms with van der Waals surface area (Å²) in [6.07, 6.45) is 0.462. The van der Waals surface area contributed by atoms with Crippen LogP contribution in [0.4, 0.5) is 0 Å². The highest BCUT2D eigenvalue weighted by atomic mass is 35.5. The summed E-state index contributed by atoms with van der Waals surface area (Å²) in [6.45, 7) is -0.481. The van der Waals surface area contributed by atoms with Crippen molar-refractivity contribution in [2.75, 3.05) is 6.61 Å². The Bertz CT molecular complexity index is 1340. The number of aromatic nitrogens is 2. The molecule has 3 aromatic rings. The zero-order valence-electron chi connectivity index (χ0n) is 18.1. The molecule has 2 aromatic heterocycles. The highest BCUT2D eigenvalue weighted by molar-refractivity contribution is 7.99. The number of nitrogens with zero attached hydrogens (tertiary/aromatic N) is 5. The van der Waals surface area contributed by atoms with Gasteiger partial charge in [0.05, 0.1) is 51.7 Å². The zero-order valence-corrected chi connectivity index (χ0v) is 21.3. The number of rotatable bonds is 8. The Kier molecular flexibility index (Phi) is 8.21. The van der Waals surface area contributed by atoms with E-state index in [-0.39, 0.29) is 12.0 Å². The van der Waals surface area contributed by atoms with Gasteiger partial charge in [0.25, 0.3) is 0 Å². The molecule has 0 radical (unpaired) electrons. The standard InChI is InChI=1S/C23H19ClN6O2S3/c24-14-3-1-13(2-4-14)22-29-15(10-33-22)11-34-23-18(7-26)21(20-8-28-12-35-20)17(6-25)19(30(23)27)5-16(32)9-31/h1-4,8,10,12,16,23,31-32H,5,9,11,27H2/t16-,23?/m1/s1. The number of allylic oxidation sites excluding steroid dienone is 2. The highest BCUT2D eigenvalue weighted by Gasteiger charge is 2.36. The van der Waals surface area contributed by atoms with Crippen LogP contribution in [0.2, 0.25) is 5.02 Å². The van der Waals surface area contributed by atoms with Crippen molar-refractivity contribution in [3.8, 4) is 22.7 Å². The number of benzene rings is 1. The monoisotopic (exact) mass is 542 g/mol. The van der Waals surface area contributed by atoms with Gasteiger partial charge in [0.1, 0.15) is 16.5 Å². The van der Waals surface area contributed by atoms with E-state index >= 15 is 0 Å². The van der Waals surface area contributed by atoms with E-state index in [1.165, 1.54) is 39.4 Å². The molecule has 0 fully saturated rings. The summed E-state index contributed by atoms with van der Waals surface area (Å²) in [7, 11) is 0. The first-order valence-corrected chi connectivity index (χ1v) is 13.5. The number of thiazole rings is 2. The fourth-order valence-corrected chi connectivity index (χ4v) is 6.41. The second-order valence-electron chi connectivity index (χ2n) is 7.46. The Morgan fingerprint density at radius 3 is 2.63 bits per heavy atom. The number of hydrogen-bond donors (Lipinski definition) is 3. The molecule has 1 unspecified atom stereocenters. The molecule has 4 rings (SSSR count). The lowest BCUT2D eigenvalue weighted by Crippen LogP contribution is -2.44. The van der Waals surface area contributed by atoms with Gasteiger partial charge in [-0.3, -0.25) is 9.99 Å². The van der Waals surface area contributed by atoms with Gasteiger partial charge in [-0.2, -0.15) is 10.5 Å². The van der Waals surface area contributed by atoms with Gasteiger partial charge in [0, 0.05) is 39.9 Å². The van der Waals surface area contributed by atoms with Crippen LogP contribution < -0.4 is 5.84 Å². The van der Waals surface area contributed by atoms with Crippen molar-refractivity contribution in [2.24, 2.45) is 5.84 Å². The predicted molar refractivity (Wildman–Crippen MR) is 139 cm³/mol. The summed E-state index contributed by atoms with van der Waals surface area (Å²) in [5.74, 6) is 6.89. The Morgan fingerprint density at radius 2 is 2.00 bits per heavy atom. The van der Waals surface area contributed by atoms with E-state index in [9.17, 15) is 20.7 Å². The normalized spacial score (nSPS) is 16.9. The van der Waals surface area contributed by atoms with Crippen molar-refractivity contribution in [1.82, 2.24) is 15.0 Å². The van der Waals surface area contributed by atoms with Gasteiger partial charge in [0.2, 0.25) is 0 Å². The number of aliphatic hydroxyl groups excluding tert-OH is 2. The molecule has 0 saturated heterocycles. The van der Waals surface area contributed by atoms with Crippen LogP contribution in [0, 0.1) is 22.7 Å². The van der Waals surface area contributed by atoms with Gasteiger partial charge in [-0.15, -0.1) is 34.4 Å². The van der Waals surface area contributed by atoms with Gasteiger partial charge in [-0.05, 0) is 12.1 Å². The summed E-state index contributed by atoms with van der Waals surface area (Å²) < 4.78 is 0. The molecule has 3 heterocycles. The SMILES string of the molecule is N#CC1=C(C[C@@H](O)CO)N(N)C(SCc2csc(-c3ccc(Cl)cc3)n2)C(C#N)=C1c1cncs1. The fraction of sp³-hybridized carbons (Fsp3) is 0.217. The van der Waals surface area contributed by atoms with Crippen LogP contribution in [0.25, 0.3) is 16.1 Å². The van der Waals surface area contributed by atoms with E-state index in [1.807, 2.05) is 29.6 Å². The Morgan fingerprint density at radius 1 is 1.23 bits per heavy atom. The van der Waals surface area contributed by atoms with E-state index in [1.54, 1.807) is 11.7 Å². The minimum absolute atomic E-state index is 0.0363. The molecule has 2 atom stereocenters. The molecular formula is C23H19ClN6O2S3. The molecule has 4 N–H and O–H groups in total. The van der Waals surface area contributed by atoms with Crippen LogP contribution in [0.15, 0.2) is 58.2 Å². The Labute approximate surface area is 219 Å². The van der Waals surface area contributed by atoms with Gasteiger partial charge < -0.3 is 10.2 Å². The third-order valence-corrected chi connectivity index (χ3v) is 8.43. The van der Waals surface area contributed by atoms with Crippen LogP contribution in [-0.4, -0.2) is 43.3 Å². The van der Waals surface area contributed by atoms with Gasteiger partial charge in [-0.25, -0.2) is 10.8 Å². The minimum Gasteiger partial charge on any atom is -0.394 e. The third kappa shape index (κ3) is 5.42. The topological polar surface area (TPSA) is 143 Å². The molecule has 12 heteroatoms. The summed E-state index contributed by atoms with van der Waals surface area (Å²) in [6, 6.07) is 11.8. The number of nitriles is 2. The smallest absolute Gasteiger partial charge is 0.126 e. The van der Waals surface area contributed by atoms with E-state index in [4.69, 9.17) is 22.4 Å². The number of halogens is 1. The summed E-state index contributed by atoms with van der Waals surface area (Å²) >= 11 is 10.2.